The van der Waals surface area contributed by atoms with Crippen molar-refractivity contribution in [3.8, 4) is 0 Å². The predicted octanol–water partition coefficient (Wildman–Crippen LogP) is 1.60. The Balaban J connectivity index is 2.42. The molecule has 1 aliphatic heterocycles. The second-order valence-corrected chi connectivity index (χ2v) is 3.34. The molecule has 0 saturated heterocycles. The van der Waals surface area contributed by atoms with Gasteiger partial charge in [-0.15, -0.1) is 0 Å². The minimum Gasteiger partial charge on any atom is -0.488 e. The highest BCUT2D eigenvalue weighted by molar-refractivity contribution is 5.91. The number of hydrogen-bond donors (Lipinski definition) is 1. The van der Waals surface area contributed by atoms with Crippen LogP contribution in [0.3, 0.4) is 0 Å². The van der Waals surface area contributed by atoms with E-state index in [1.165, 1.54) is 0 Å². The molecule has 0 radical (unpaired) electrons. The molecule has 3 heteroatoms. The SMILES string of the molecule is CCC(C)NC(=O)C1=CCCCO1. The summed E-state index contributed by atoms with van der Waals surface area (Å²) in [7, 11) is 0. The van der Waals surface area contributed by atoms with E-state index in [0.29, 0.717) is 12.4 Å². The summed E-state index contributed by atoms with van der Waals surface area (Å²) in [6.07, 6.45) is 4.77. The molecule has 0 spiro atoms. The molecule has 0 saturated carbocycles. The van der Waals surface area contributed by atoms with Gasteiger partial charge in [-0.2, -0.15) is 0 Å². The molecule has 0 aliphatic carbocycles. The van der Waals surface area contributed by atoms with Crippen molar-refractivity contribution in [1.82, 2.24) is 5.32 Å². The van der Waals surface area contributed by atoms with Gasteiger partial charge in [0.05, 0.1) is 6.61 Å². The minimum atomic E-state index is -0.0750. The predicted molar refractivity (Wildman–Crippen MR) is 51.2 cm³/mol. The molecule has 13 heavy (non-hydrogen) atoms. The van der Waals surface area contributed by atoms with Gasteiger partial charge in [0, 0.05) is 6.04 Å². The fraction of sp³-hybridized carbons (Fsp3) is 0.700. The Labute approximate surface area is 79.2 Å². The standard InChI is InChI=1S/C10H17NO2/c1-3-8(2)11-10(12)9-6-4-5-7-13-9/h6,8H,3-5,7H2,1-2H3,(H,11,12). The number of allylic oxidation sites excluding steroid dienone is 1. The van der Waals surface area contributed by atoms with Crippen molar-refractivity contribution in [1.29, 1.82) is 0 Å². The van der Waals surface area contributed by atoms with Crippen molar-refractivity contribution in [3.05, 3.63) is 11.8 Å². The Bertz CT molecular complexity index is 211. The summed E-state index contributed by atoms with van der Waals surface area (Å²) in [5, 5.41) is 2.87. The third-order valence-corrected chi connectivity index (χ3v) is 2.15. The summed E-state index contributed by atoms with van der Waals surface area (Å²) < 4.78 is 5.23. The summed E-state index contributed by atoms with van der Waals surface area (Å²) in [5.74, 6) is 0.417. The fourth-order valence-corrected chi connectivity index (χ4v) is 1.11. The van der Waals surface area contributed by atoms with Crippen LogP contribution in [0.15, 0.2) is 11.8 Å². The molecule has 0 aromatic rings. The van der Waals surface area contributed by atoms with E-state index in [4.69, 9.17) is 4.74 Å². The number of nitrogens with one attached hydrogen (secondary N) is 1. The van der Waals surface area contributed by atoms with Crippen molar-refractivity contribution in [3.63, 3.8) is 0 Å². The molecular formula is C10H17NO2. The van der Waals surface area contributed by atoms with Gasteiger partial charge in [-0.3, -0.25) is 4.79 Å². The highest BCUT2D eigenvalue weighted by Crippen LogP contribution is 2.09. The fourth-order valence-electron chi connectivity index (χ4n) is 1.11. The molecule has 1 atom stereocenters. The minimum absolute atomic E-state index is 0.0750. The van der Waals surface area contributed by atoms with Gasteiger partial charge in [0.25, 0.3) is 5.91 Å². The zero-order valence-corrected chi connectivity index (χ0v) is 8.30. The van der Waals surface area contributed by atoms with Crippen LogP contribution in [-0.4, -0.2) is 18.6 Å². The highest BCUT2D eigenvalue weighted by atomic mass is 16.5. The lowest BCUT2D eigenvalue weighted by Gasteiger charge is -2.16. The van der Waals surface area contributed by atoms with Gasteiger partial charge in [-0.05, 0) is 32.3 Å². The Morgan fingerprint density at radius 3 is 3.08 bits per heavy atom. The van der Waals surface area contributed by atoms with E-state index in [-0.39, 0.29) is 11.9 Å². The van der Waals surface area contributed by atoms with Gasteiger partial charge in [0.2, 0.25) is 0 Å². The second kappa shape index (κ2) is 4.90. The van der Waals surface area contributed by atoms with E-state index in [2.05, 4.69) is 5.32 Å². The third kappa shape index (κ3) is 3.09. The summed E-state index contributed by atoms with van der Waals surface area (Å²) in [6, 6.07) is 0.221. The summed E-state index contributed by atoms with van der Waals surface area (Å²) in [5.41, 5.74) is 0. The van der Waals surface area contributed by atoms with Crippen LogP contribution >= 0.6 is 0 Å². The first kappa shape index (κ1) is 10.1. The quantitative estimate of drug-likeness (QED) is 0.721. The van der Waals surface area contributed by atoms with E-state index in [0.717, 1.165) is 19.3 Å². The molecule has 1 heterocycles. The Morgan fingerprint density at radius 1 is 1.77 bits per heavy atom. The largest absolute Gasteiger partial charge is 0.488 e. The molecule has 0 aromatic carbocycles. The number of ether oxygens (including phenoxy) is 1. The van der Waals surface area contributed by atoms with Gasteiger partial charge in [-0.1, -0.05) is 6.92 Å². The van der Waals surface area contributed by atoms with Crippen molar-refractivity contribution in [2.45, 2.75) is 39.2 Å². The first-order valence-corrected chi connectivity index (χ1v) is 4.88. The second-order valence-electron chi connectivity index (χ2n) is 3.34. The van der Waals surface area contributed by atoms with E-state index >= 15 is 0 Å². The van der Waals surface area contributed by atoms with Crippen LogP contribution < -0.4 is 5.32 Å². The molecule has 1 rings (SSSR count). The van der Waals surface area contributed by atoms with E-state index in [1.807, 2.05) is 19.9 Å². The van der Waals surface area contributed by atoms with Crippen LogP contribution in [0.2, 0.25) is 0 Å². The van der Waals surface area contributed by atoms with Crippen LogP contribution in [0.5, 0.6) is 0 Å². The number of carbonyl (C=O) groups excluding carboxylic acids is 1. The van der Waals surface area contributed by atoms with Crippen molar-refractivity contribution in [2.75, 3.05) is 6.61 Å². The molecule has 1 amide bonds. The third-order valence-electron chi connectivity index (χ3n) is 2.15. The highest BCUT2D eigenvalue weighted by Gasteiger charge is 2.14. The van der Waals surface area contributed by atoms with Crippen molar-refractivity contribution < 1.29 is 9.53 Å². The summed E-state index contributed by atoms with van der Waals surface area (Å²) in [6.45, 7) is 4.70. The van der Waals surface area contributed by atoms with E-state index in [9.17, 15) is 4.79 Å². The molecule has 1 N–H and O–H groups in total. The molecule has 0 bridgehead atoms. The lowest BCUT2D eigenvalue weighted by Crippen LogP contribution is -2.34. The average Bonchev–Trinajstić information content (AvgIpc) is 2.19. The smallest absolute Gasteiger partial charge is 0.286 e. The zero-order chi connectivity index (χ0) is 9.68. The van der Waals surface area contributed by atoms with Gasteiger partial charge in [-0.25, -0.2) is 0 Å². The van der Waals surface area contributed by atoms with E-state index < -0.39 is 0 Å². The molecule has 1 unspecified atom stereocenters. The molecule has 74 valence electrons. The van der Waals surface area contributed by atoms with Crippen molar-refractivity contribution >= 4 is 5.91 Å². The topological polar surface area (TPSA) is 38.3 Å². The van der Waals surface area contributed by atoms with Crippen LogP contribution in [0.25, 0.3) is 0 Å². The van der Waals surface area contributed by atoms with Gasteiger partial charge >= 0.3 is 0 Å². The normalized spacial score (nSPS) is 18.5. The average molecular weight is 183 g/mol. The molecule has 0 aromatic heterocycles. The first-order chi connectivity index (χ1) is 6.24. The van der Waals surface area contributed by atoms with Gasteiger partial charge < -0.3 is 10.1 Å². The van der Waals surface area contributed by atoms with Crippen molar-refractivity contribution in [2.24, 2.45) is 0 Å². The maximum Gasteiger partial charge on any atom is 0.286 e. The summed E-state index contributed by atoms with van der Waals surface area (Å²) in [4.78, 5) is 11.5. The monoisotopic (exact) mass is 183 g/mol. The molecule has 3 nitrogen and oxygen atoms in total. The Hall–Kier alpha value is -0.990. The lowest BCUT2D eigenvalue weighted by molar-refractivity contribution is -0.121. The van der Waals surface area contributed by atoms with Crippen LogP contribution in [0.1, 0.15) is 33.1 Å². The lowest BCUT2D eigenvalue weighted by atomic mass is 10.2. The first-order valence-electron chi connectivity index (χ1n) is 4.88. The number of carbonyl (C=O) groups is 1. The maximum absolute atomic E-state index is 11.5. The Kier molecular flexibility index (Phi) is 3.80. The zero-order valence-electron chi connectivity index (χ0n) is 8.30. The molecular weight excluding hydrogens is 166 g/mol. The summed E-state index contributed by atoms with van der Waals surface area (Å²) >= 11 is 0. The van der Waals surface area contributed by atoms with E-state index in [1.54, 1.807) is 0 Å². The molecule has 1 aliphatic rings. The number of rotatable bonds is 3. The van der Waals surface area contributed by atoms with Crippen LogP contribution in [0, 0.1) is 0 Å². The number of hydrogen-bond acceptors (Lipinski definition) is 2. The number of amides is 1. The van der Waals surface area contributed by atoms with Gasteiger partial charge in [0.15, 0.2) is 5.76 Å². The Morgan fingerprint density at radius 2 is 2.54 bits per heavy atom. The van der Waals surface area contributed by atoms with Crippen LogP contribution in [0.4, 0.5) is 0 Å². The molecule has 0 fully saturated rings. The van der Waals surface area contributed by atoms with Crippen LogP contribution in [-0.2, 0) is 9.53 Å². The van der Waals surface area contributed by atoms with Gasteiger partial charge in [0.1, 0.15) is 0 Å². The maximum atomic E-state index is 11.5.